The van der Waals surface area contributed by atoms with E-state index in [1.807, 2.05) is 60.7 Å². The molecule has 0 amide bonds. The van der Waals surface area contributed by atoms with Crippen LogP contribution in [0.5, 0.6) is 0 Å². The van der Waals surface area contributed by atoms with Crippen LogP contribution in [0, 0.1) is 0 Å². The van der Waals surface area contributed by atoms with Crippen molar-refractivity contribution >= 4 is 45.1 Å². The average molecular weight is 925 g/mol. The summed E-state index contributed by atoms with van der Waals surface area (Å²) in [5, 5.41) is 0. The summed E-state index contributed by atoms with van der Waals surface area (Å²) < 4.78 is 2.93. The van der Waals surface area contributed by atoms with Gasteiger partial charge >= 0.3 is 120 Å². The zero-order valence-corrected chi connectivity index (χ0v) is 40.3. The maximum absolute atomic E-state index is 5.82. The molecule has 56 heavy (non-hydrogen) atoms. The molecule has 2 aromatic rings. The van der Waals surface area contributed by atoms with Gasteiger partial charge < -0.3 is 0 Å². The monoisotopic (exact) mass is 924 g/mol. The van der Waals surface area contributed by atoms with Crippen molar-refractivity contribution in [2.75, 3.05) is 0 Å². The van der Waals surface area contributed by atoms with Gasteiger partial charge in [0.05, 0.1) is 34.0 Å². The molecule has 6 aliphatic rings. The first-order valence-corrected chi connectivity index (χ1v) is 32.7. The molecule has 6 saturated carbocycles. The quantitative estimate of drug-likeness (QED) is 0.141. The first-order valence-electron chi connectivity index (χ1n) is 23.9. The number of rotatable bonds is 8. The summed E-state index contributed by atoms with van der Waals surface area (Å²) in [7, 11) is 11.5. The van der Waals surface area contributed by atoms with Crippen LogP contribution in [0.4, 0.5) is 0 Å². The standard InChI is InChI=1S/2C18H33P.C15H10.2ClH.Ru/c2*1-4-10-16(11-5-1)19(17-12-6-2-7-13-17)18-14-8-3-9-15-18;1-2-15(13-9-5-3-6-10-13)14-11-7-4-8-12-14;;;/h2*16-18H,1-15H2;3-12H;2*1H;/q;;;;;+2. The van der Waals surface area contributed by atoms with Crippen LogP contribution in [0.1, 0.15) is 204 Å². The van der Waals surface area contributed by atoms with Crippen LogP contribution in [0.2, 0.25) is 0 Å². The molecule has 0 radical (unpaired) electrons. The molecule has 0 N–H and O–H groups in total. The van der Waals surface area contributed by atoms with E-state index < -0.39 is 13.5 Å². The normalized spacial score (nSPS) is 22.9. The summed E-state index contributed by atoms with van der Waals surface area (Å²) in [4.78, 5) is 0. The summed E-state index contributed by atoms with van der Waals surface area (Å²) in [6.45, 7) is 0. The Balaban J connectivity index is 0.000000142. The van der Waals surface area contributed by atoms with Crippen molar-refractivity contribution in [2.45, 2.75) is 227 Å². The minimum absolute atomic E-state index is 0.0465. The molecule has 0 unspecified atom stereocenters. The van der Waals surface area contributed by atoms with E-state index >= 15 is 0 Å². The van der Waals surface area contributed by atoms with Crippen molar-refractivity contribution in [2.24, 2.45) is 0 Å². The van der Waals surface area contributed by atoms with Crippen LogP contribution in [0.25, 0.3) is 5.57 Å². The molecule has 5 heteroatoms. The van der Waals surface area contributed by atoms with E-state index in [1.54, 1.807) is 193 Å². The molecule has 0 aromatic heterocycles. The second kappa shape index (κ2) is 26.3. The van der Waals surface area contributed by atoms with Gasteiger partial charge in [0.25, 0.3) is 0 Å². The third-order valence-corrected chi connectivity index (χ3v) is 25.3. The SMILES string of the molecule is C1CCC([PH+](C2CCCCC2)C2CCCCC2)CC1.C1CCC([PH+](C2CCCCC2)C2CCCCC2)CC1.[Cl][Ru]([Cl])=[C]=C=C(c1ccccc1)c1ccccc1. The van der Waals surface area contributed by atoms with Crippen LogP contribution in [0.3, 0.4) is 0 Å². The van der Waals surface area contributed by atoms with Gasteiger partial charge in [-0.3, -0.25) is 0 Å². The Kier molecular flexibility index (Phi) is 21.4. The molecule has 312 valence electrons. The molecule has 8 rings (SSSR count). The summed E-state index contributed by atoms with van der Waals surface area (Å²) in [6, 6.07) is 20.1. The third-order valence-electron chi connectivity index (χ3n) is 14.8. The van der Waals surface area contributed by atoms with Gasteiger partial charge in [0.2, 0.25) is 0 Å². The Labute approximate surface area is 360 Å². The van der Waals surface area contributed by atoms with E-state index in [0.717, 1.165) is 16.7 Å². The van der Waals surface area contributed by atoms with E-state index in [1.165, 1.54) is 34.0 Å². The summed E-state index contributed by atoms with van der Waals surface area (Å²) >= 11 is -1.95. The van der Waals surface area contributed by atoms with Gasteiger partial charge in [-0.15, -0.1) is 0 Å². The van der Waals surface area contributed by atoms with Gasteiger partial charge in [0.1, 0.15) is 0 Å². The first kappa shape index (κ1) is 45.5. The van der Waals surface area contributed by atoms with E-state index in [4.69, 9.17) is 19.4 Å². The number of halogens is 2. The molecule has 0 bridgehead atoms. The Bertz CT molecular complexity index is 1260. The molecule has 6 fully saturated rings. The van der Waals surface area contributed by atoms with Crippen molar-refractivity contribution in [3.05, 3.63) is 77.5 Å². The molecule has 0 aliphatic heterocycles. The second-order valence-corrected chi connectivity index (χ2v) is 30.7. The molecule has 0 spiro atoms. The zero-order valence-electron chi connectivity index (χ0n) is 35.1. The van der Waals surface area contributed by atoms with Crippen LogP contribution < -0.4 is 0 Å². The van der Waals surface area contributed by atoms with Crippen molar-refractivity contribution in [1.29, 1.82) is 0 Å². The van der Waals surface area contributed by atoms with Crippen LogP contribution in [-0.4, -0.2) is 38.2 Å². The number of benzene rings is 2. The van der Waals surface area contributed by atoms with Gasteiger partial charge in [-0.2, -0.15) is 0 Å². The van der Waals surface area contributed by atoms with Crippen molar-refractivity contribution < 1.29 is 13.5 Å². The first-order chi connectivity index (χ1) is 27.7. The molecular weight excluding hydrogens is 846 g/mol. The van der Waals surface area contributed by atoms with Gasteiger partial charge in [0.15, 0.2) is 0 Å². The summed E-state index contributed by atoms with van der Waals surface area (Å²) in [6.07, 6.45) is 47.6. The van der Waals surface area contributed by atoms with E-state index in [9.17, 15) is 0 Å². The fraction of sp³-hybridized carbons (Fsp3) is 0.706. The Morgan fingerprint density at radius 2 is 0.607 bits per heavy atom. The van der Waals surface area contributed by atoms with Gasteiger partial charge in [-0.05, 0) is 154 Å². The molecule has 0 nitrogen and oxygen atoms in total. The van der Waals surface area contributed by atoms with Crippen LogP contribution in [-0.2, 0) is 13.5 Å². The number of hydrogen-bond acceptors (Lipinski definition) is 0. The maximum atomic E-state index is 5.82. The van der Waals surface area contributed by atoms with E-state index in [0.29, 0.717) is 0 Å². The van der Waals surface area contributed by atoms with Crippen LogP contribution >= 0.6 is 35.2 Å². The molecule has 0 heterocycles. The van der Waals surface area contributed by atoms with Gasteiger partial charge in [-0.25, -0.2) is 0 Å². The Hall–Kier alpha value is -0.0666. The number of hydrogen-bond donors (Lipinski definition) is 0. The van der Waals surface area contributed by atoms with Crippen molar-refractivity contribution in [3.8, 4) is 0 Å². The molecule has 2 aromatic carbocycles. The topological polar surface area (TPSA) is 0 Å². The third kappa shape index (κ3) is 14.8. The Morgan fingerprint density at radius 3 is 0.821 bits per heavy atom. The molecule has 6 aliphatic carbocycles. The predicted molar refractivity (Wildman–Crippen MR) is 253 cm³/mol. The summed E-state index contributed by atoms with van der Waals surface area (Å²) in [5.41, 5.74) is 13.6. The molecular formula is C51H78Cl2P2Ru+2. The predicted octanol–water partition coefficient (Wildman–Crippen LogP) is 17.0. The zero-order chi connectivity index (χ0) is 38.6. The Morgan fingerprint density at radius 1 is 0.375 bits per heavy atom. The van der Waals surface area contributed by atoms with Crippen LogP contribution in [0.15, 0.2) is 66.4 Å². The van der Waals surface area contributed by atoms with Crippen molar-refractivity contribution in [3.63, 3.8) is 0 Å². The summed E-state index contributed by atoms with van der Waals surface area (Å²) in [5.74, 6) is 0. The second-order valence-electron chi connectivity index (χ2n) is 18.5. The fourth-order valence-corrected chi connectivity index (χ4v) is 23.4. The van der Waals surface area contributed by atoms with Crippen molar-refractivity contribution in [1.82, 2.24) is 0 Å². The molecule has 0 saturated heterocycles. The fourth-order valence-electron chi connectivity index (χ4n) is 12.2. The van der Waals surface area contributed by atoms with Gasteiger partial charge in [-0.1, -0.05) is 38.5 Å². The minimum atomic E-state index is -1.95. The average Bonchev–Trinajstić information content (AvgIpc) is 3.27. The molecule has 0 atom stereocenters. The van der Waals surface area contributed by atoms with E-state index in [-0.39, 0.29) is 15.8 Å². The van der Waals surface area contributed by atoms with E-state index in [2.05, 4.69) is 10.00 Å². The van der Waals surface area contributed by atoms with Gasteiger partial charge in [0, 0.05) is 15.8 Å².